The number of benzene rings is 2. The third kappa shape index (κ3) is 6.31. The van der Waals surface area contributed by atoms with E-state index in [-0.39, 0.29) is 69.2 Å². The smallest absolute Gasteiger partial charge is 0.445 e. The first-order valence-corrected chi connectivity index (χ1v) is 6.64. The van der Waals surface area contributed by atoms with Crippen molar-refractivity contribution in [3.8, 4) is 0 Å². The maximum absolute atomic E-state index is 12.7. The zero-order valence-corrected chi connectivity index (χ0v) is 16.0. The third-order valence-electron chi connectivity index (χ3n) is 3.08. The summed E-state index contributed by atoms with van der Waals surface area (Å²) in [7, 11) is 0. The summed E-state index contributed by atoms with van der Waals surface area (Å²) in [6.07, 6.45) is -0.714. The van der Waals surface area contributed by atoms with Crippen molar-refractivity contribution in [1.82, 2.24) is 0 Å². The molecule has 0 fully saturated rings. The number of ether oxygens (including phenoxy) is 1. The second-order valence-electron chi connectivity index (χ2n) is 4.83. The second kappa shape index (κ2) is 8.89. The van der Waals surface area contributed by atoms with E-state index in [4.69, 9.17) is 4.74 Å². The molecule has 2 aromatic rings. The van der Waals surface area contributed by atoms with Crippen LogP contribution in [0.25, 0.3) is 0 Å². The van der Waals surface area contributed by atoms with Gasteiger partial charge >= 0.3 is 64.5 Å². The normalized spacial score (nSPS) is 10.6. The van der Waals surface area contributed by atoms with Crippen molar-refractivity contribution in [2.45, 2.75) is 13.5 Å². The van der Waals surface area contributed by atoms with E-state index in [0.717, 1.165) is 11.6 Å². The number of nitrogens with one attached hydrogen (secondary N) is 1. The minimum absolute atomic E-state index is 0. The Morgan fingerprint density at radius 2 is 1.78 bits per heavy atom. The Labute approximate surface area is 175 Å². The number of amides is 1. The molecule has 0 radical (unpaired) electrons. The first-order chi connectivity index (χ1) is 10.4. The van der Waals surface area contributed by atoms with Crippen LogP contribution in [0.3, 0.4) is 0 Å². The molecule has 2 aromatic carbocycles. The second-order valence-corrected chi connectivity index (χ2v) is 4.83. The summed E-state index contributed by atoms with van der Waals surface area (Å²) < 4.78 is 43.1. The van der Waals surface area contributed by atoms with Gasteiger partial charge in [0.25, 0.3) is 0 Å². The van der Waals surface area contributed by atoms with Crippen LogP contribution in [0.5, 0.6) is 0 Å². The van der Waals surface area contributed by atoms with Gasteiger partial charge in [0.1, 0.15) is 6.61 Å². The van der Waals surface area contributed by atoms with E-state index in [2.05, 4.69) is 5.32 Å². The Morgan fingerprint density at radius 1 is 1.13 bits per heavy atom. The van der Waals surface area contributed by atoms with Gasteiger partial charge in [0, 0.05) is 5.69 Å². The number of rotatable bonds is 4. The van der Waals surface area contributed by atoms with Crippen LogP contribution in [0.2, 0.25) is 0 Å². The topological polar surface area (TPSA) is 38.3 Å². The molecule has 0 spiro atoms. The molecule has 1 amide bonds. The molecule has 2 rings (SSSR count). The molecular weight excluding hydrogens is 333 g/mol. The molecule has 0 saturated carbocycles. The van der Waals surface area contributed by atoms with Crippen LogP contribution in [0.1, 0.15) is 11.1 Å². The molecule has 0 aromatic heterocycles. The summed E-state index contributed by atoms with van der Waals surface area (Å²) in [5, 5.41) is 2.41. The Kier molecular flexibility index (Phi) is 7.82. The van der Waals surface area contributed by atoms with Gasteiger partial charge in [-0.25, -0.2) is 4.79 Å². The number of anilines is 1. The molecule has 0 aliphatic heterocycles. The standard InChI is InChI=1S/C15H14BF3NO2.K/c1-11-9-13(7-8-14(11)16(17,18)19)20-15(21)22-10-12-5-3-2-4-6-12;/h2-9H,10H2,1H3,(H,20,21);/q-1;+1. The van der Waals surface area contributed by atoms with Crippen molar-refractivity contribution in [3.05, 3.63) is 59.7 Å². The van der Waals surface area contributed by atoms with Crippen LogP contribution in [-0.4, -0.2) is 13.1 Å². The van der Waals surface area contributed by atoms with Gasteiger partial charge < -0.3 is 17.7 Å². The minimum Gasteiger partial charge on any atom is -0.445 e. The molecule has 0 heterocycles. The number of carbonyl (C=O) groups excluding carboxylic acids is 1. The van der Waals surface area contributed by atoms with Gasteiger partial charge in [-0.2, -0.15) is 0 Å². The summed E-state index contributed by atoms with van der Waals surface area (Å²) in [5.74, 6) is 0. The van der Waals surface area contributed by atoms with Crippen LogP contribution in [-0.2, 0) is 11.3 Å². The molecule has 0 aliphatic carbocycles. The first-order valence-electron chi connectivity index (χ1n) is 6.64. The predicted molar refractivity (Wildman–Crippen MR) is 80.1 cm³/mol. The summed E-state index contributed by atoms with van der Waals surface area (Å²) >= 11 is 0. The van der Waals surface area contributed by atoms with Gasteiger partial charge in [0.2, 0.25) is 0 Å². The number of hydrogen-bond acceptors (Lipinski definition) is 2. The van der Waals surface area contributed by atoms with Crippen molar-refractivity contribution < 1.29 is 73.9 Å². The number of hydrogen-bond donors (Lipinski definition) is 1. The Hall–Kier alpha value is -0.799. The summed E-state index contributed by atoms with van der Waals surface area (Å²) in [4.78, 5) is 11.6. The van der Waals surface area contributed by atoms with Crippen molar-refractivity contribution in [2.75, 3.05) is 5.32 Å². The Morgan fingerprint density at radius 3 is 2.35 bits per heavy atom. The van der Waals surface area contributed by atoms with Crippen molar-refractivity contribution in [1.29, 1.82) is 0 Å². The van der Waals surface area contributed by atoms with E-state index in [0.29, 0.717) is 0 Å². The van der Waals surface area contributed by atoms with E-state index in [9.17, 15) is 17.7 Å². The van der Waals surface area contributed by atoms with Crippen molar-refractivity contribution >= 4 is 24.2 Å². The average Bonchev–Trinajstić information content (AvgIpc) is 2.45. The molecule has 1 N–H and O–H groups in total. The number of aryl methyl sites for hydroxylation is 1. The van der Waals surface area contributed by atoms with E-state index < -0.39 is 18.5 Å². The van der Waals surface area contributed by atoms with Gasteiger partial charge in [0.05, 0.1) is 0 Å². The molecule has 0 bridgehead atoms. The van der Waals surface area contributed by atoms with Crippen LogP contribution < -0.4 is 62.2 Å². The van der Waals surface area contributed by atoms with E-state index in [1.165, 1.54) is 19.1 Å². The maximum atomic E-state index is 12.7. The monoisotopic (exact) mass is 347 g/mol. The fourth-order valence-electron chi connectivity index (χ4n) is 2.00. The van der Waals surface area contributed by atoms with Crippen LogP contribution in [0.15, 0.2) is 48.5 Å². The molecule has 8 heteroatoms. The quantitative estimate of drug-likeness (QED) is 0.832. The summed E-state index contributed by atoms with van der Waals surface area (Å²) in [6.45, 7) is -3.61. The zero-order valence-electron chi connectivity index (χ0n) is 12.9. The predicted octanol–water partition coefficient (Wildman–Crippen LogP) is 0.802. The van der Waals surface area contributed by atoms with Gasteiger partial charge in [-0.1, -0.05) is 42.0 Å². The number of carbonyl (C=O) groups is 1. The molecule has 23 heavy (non-hydrogen) atoms. The fourth-order valence-corrected chi connectivity index (χ4v) is 2.00. The SMILES string of the molecule is Cc1cc(NC(=O)OCc2ccccc2)ccc1[B-](F)(F)F.[K+]. The molecular formula is C15H14BF3KNO2. The zero-order chi connectivity index (χ0) is 16.2. The Bertz CT molecular complexity index is 666. The fraction of sp³-hybridized carbons (Fsp3) is 0.133. The molecule has 3 nitrogen and oxygen atoms in total. The molecule has 116 valence electrons. The molecule has 0 aliphatic rings. The van der Waals surface area contributed by atoms with Gasteiger partial charge in [-0.05, 0) is 24.6 Å². The summed E-state index contributed by atoms with van der Waals surface area (Å²) in [5.41, 5.74) is 0.486. The van der Waals surface area contributed by atoms with Gasteiger partial charge in [-0.15, -0.1) is 5.46 Å². The minimum atomic E-state index is -5.05. The van der Waals surface area contributed by atoms with Crippen molar-refractivity contribution in [3.63, 3.8) is 0 Å². The average molecular weight is 347 g/mol. The Balaban J connectivity index is 0.00000264. The number of halogens is 3. The third-order valence-corrected chi connectivity index (χ3v) is 3.08. The molecule has 0 saturated heterocycles. The van der Waals surface area contributed by atoms with Crippen LogP contribution >= 0.6 is 0 Å². The van der Waals surface area contributed by atoms with E-state index in [1.807, 2.05) is 18.2 Å². The molecule has 0 unspecified atom stereocenters. The van der Waals surface area contributed by atoms with E-state index in [1.54, 1.807) is 12.1 Å². The first kappa shape index (κ1) is 20.2. The summed E-state index contributed by atoms with van der Waals surface area (Å²) in [6, 6.07) is 12.5. The van der Waals surface area contributed by atoms with Crippen LogP contribution in [0, 0.1) is 6.92 Å². The maximum Gasteiger partial charge on any atom is 1.00 e. The van der Waals surface area contributed by atoms with Gasteiger partial charge in [-0.3, -0.25) is 5.32 Å². The van der Waals surface area contributed by atoms with Crippen LogP contribution in [0.4, 0.5) is 23.4 Å². The largest absolute Gasteiger partial charge is 1.00 e. The van der Waals surface area contributed by atoms with Crippen molar-refractivity contribution in [2.24, 2.45) is 0 Å². The van der Waals surface area contributed by atoms with E-state index >= 15 is 0 Å². The molecule has 0 atom stereocenters. The van der Waals surface area contributed by atoms with Gasteiger partial charge in [0.15, 0.2) is 0 Å².